The Bertz CT molecular complexity index is 925. The highest BCUT2D eigenvalue weighted by Gasteiger charge is 2.16. The number of ether oxygens (including phenoxy) is 2. The van der Waals surface area contributed by atoms with Gasteiger partial charge in [0, 0.05) is 17.9 Å². The van der Waals surface area contributed by atoms with E-state index in [9.17, 15) is 4.79 Å². The smallest absolute Gasteiger partial charge is 0.250 e. The lowest BCUT2D eigenvalue weighted by atomic mass is 10.1. The molecule has 0 saturated carbocycles. The van der Waals surface area contributed by atoms with Crippen LogP contribution in [0.3, 0.4) is 0 Å². The second kappa shape index (κ2) is 7.99. The molecule has 5 heteroatoms. The molecule has 0 bridgehead atoms. The van der Waals surface area contributed by atoms with Gasteiger partial charge in [-0.1, -0.05) is 12.1 Å². The maximum absolute atomic E-state index is 11.8. The number of nitrogens with zero attached hydrogens (tertiary/aromatic N) is 1. The van der Waals surface area contributed by atoms with Crippen LogP contribution in [0.15, 0.2) is 54.6 Å². The summed E-state index contributed by atoms with van der Waals surface area (Å²) in [4.78, 5) is 11.8. The molecule has 0 aliphatic carbocycles. The van der Waals surface area contributed by atoms with Crippen molar-refractivity contribution in [2.45, 2.75) is 19.9 Å². The number of methoxy groups -OCH3 is 2. The van der Waals surface area contributed by atoms with Crippen LogP contribution in [-0.4, -0.2) is 24.7 Å². The Labute approximate surface area is 159 Å². The fraction of sp³-hybridized carbons (Fsp3) is 0.227. The van der Waals surface area contributed by atoms with Gasteiger partial charge in [0.2, 0.25) is 0 Å². The number of benzene rings is 2. The van der Waals surface area contributed by atoms with E-state index in [2.05, 4.69) is 16.7 Å². The number of carbonyl (C=O) groups is 1. The molecule has 140 valence electrons. The molecule has 0 atom stereocenters. The molecule has 0 unspecified atom stereocenters. The van der Waals surface area contributed by atoms with Gasteiger partial charge >= 0.3 is 0 Å². The van der Waals surface area contributed by atoms with Gasteiger partial charge in [0.15, 0.2) is 0 Å². The van der Waals surface area contributed by atoms with Crippen molar-refractivity contribution >= 4 is 5.91 Å². The average molecular weight is 364 g/mol. The molecule has 3 rings (SSSR count). The van der Waals surface area contributed by atoms with Gasteiger partial charge < -0.3 is 19.8 Å². The molecule has 0 spiro atoms. The number of primary amides is 1. The maximum atomic E-state index is 11.8. The quantitative estimate of drug-likeness (QED) is 0.693. The molecule has 0 saturated heterocycles. The van der Waals surface area contributed by atoms with Gasteiger partial charge in [0.25, 0.3) is 5.91 Å². The standard InChI is InChI=1S/C22H24N2O3/c1-15-20(22(23)25)14-21(17-6-10-19(27-3)11-7-17)24(15)13-12-16-4-8-18(26-2)9-5-16/h4-11,14H,12-13H2,1-3H3,(H2,23,25). The lowest BCUT2D eigenvalue weighted by Gasteiger charge is -2.13. The van der Waals surface area contributed by atoms with Crippen molar-refractivity contribution in [2.75, 3.05) is 14.2 Å². The van der Waals surface area contributed by atoms with E-state index < -0.39 is 5.91 Å². The molecule has 1 amide bonds. The van der Waals surface area contributed by atoms with Crippen molar-refractivity contribution in [3.05, 3.63) is 71.4 Å². The van der Waals surface area contributed by atoms with E-state index in [1.807, 2.05) is 49.4 Å². The molecule has 0 fully saturated rings. The Hall–Kier alpha value is -3.21. The van der Waals surface area contributed by atoms with Gasteiger partial charge in [-0.2, -0.15) is 0 Å². The van der Waals surface area contributed by atoms with Crippen LogP contribution in [0.4, 0.5) is 0 Å². The van der Waals surface area contributed by atoms with Crippen LogP contribution >= 0.6 is 0 Å². The summed E-state index contributed by atoms with van der Waals surface area (Å²) in [6, 6.07) is 17.7. The summed E-state index contributed by atoms with van der Waals surface area (Å²) < 4.78 is 12.6. The molecule has 2 aromatic carbocycles. The van der Waals surface area contributed by atoms with Gasteiger partial charge in [-0.05, 0) is 66.9 Å². The number of hydrogen-bond donors (Lipinski definition) is 1. The van der Waals surface area contributed by atoms with E-state index in [0.29, 0.717) is 5.56 Å². The highest BCUT2D eigenvalue weighted by molar-refractivity contribution is 5.95. The van der Waals surface area contributed by atoms with Crippen molar-refractivity contribution in [3.63, 3.8) is 0 Å². The van der Waals surface area contributed by atoms with Crippen molar-refractivity contribution in [1.29, 1.82) is 0 Å². The largest absolute Gasteiger partial charge is 0.497 e. The summed E-state index contributed by atoms with van der Waals surface area (Å²) >= 11 is 0. The van der Waals surface area contributed by atoms with Gasteiger partial charge in [-0.15, -0.1) is 0 Å². The maximum Gasteiger partial charge on any atom is 0.250 e. The van der Waals surface area contributed by atoms with Crippen LogP contribution in [0, 0.1) is 6.92 Å². The first-order valence-corrected chi connectivity index (χ1v) is 8.80. The molecule has 1 aromatic heterocycles. The Morgan fingerprint density at radius 1 is 0.963 bits per heavy atom. The van der Waals surface area contributed by atoms with Crippen molar-refractivity contribution < 1.29 is 14.3 Å². The predicted molar refractivity (Wildman–Crippen MR) is 106 cm³/mol. The zero-order chi connectivity index (χ0) is 19.4. The summed E-state index contributed by atoms with van der Waals surface area (Å²) in [5.74, 6) is 1.22. The monoisotopic (exact) mass is 364 g/mol. The minimum absolute atomic E-state index is 0.412. The minimum atomic E-state index is -0.412. The van der Waals surface area contributed by atoms with Crippen LogP contribution in [0.1, 0.15) is 21.6 Å². The number of amides is 1. The SMILES string of the molecule is COc1ccc(CCn2c(-c3ccc(OC)cc3)cc(C(N)=O)c2C)cc1. The van der Waals surface area contributed by atoms with Crippen molar-refractivity contribution in [3.8, 4) is 22.8 Å². The third kappa shape index (κ3) is 3.97. The first-order valence-electron chi connectivity index (χ1n) is 8.80. The lowest BCUT2D eigenvalue weighted by molar-refractivity contribution is 0.0999. The summed E-state index contributed by atoms with van der Waals surface area (Å²) in [6.07, 6.45) is 0.834. The number of aromatic nitrogens is 1. The van der Waals surface area contributed by atoms with Crippen LogP contribution in [0.2, 0.25) is 0 Å². The first-order chi connectivity index (χ1) is 13.0. The third-order valence-corrected chi connectivity index (χ3v) is 4.80. The van der Waals surface area contributed by atoms with E-state index in [-0.39, 0.29) is 0 Å². The van der Waals surface area contributed by atoms with Gasteiger partial charge in [0.05, 0.1) is 19.8 Å². The highest BCUT2D eigenvalue weighted by Crippen LogP contribution is 2.28. The minimum Gasteiger partial charge on any atom is -0.497 e. The topological polar surface area (TPSA) is 66.5 Å². The second-order valence-corrected chi connectivity index (χ2v) is 6.37. The molecule has 5 nitrogen and oxygen atoms in total. The van der Waals surface area contributed by atoms with Gasteiger partial charge in [-0.25, -0.2) is 0 Å². The molecular formula is C22H24N2O3. The summed E-state index contributed by atoms with van der Waals surface area (Å²) in [7, 11) is 3.30. The number of aryl methyl sites for hydroxylation is 1. The normalized spacial score (nSPS) is 10.6. The molecule has 3 aromatic rings. The first kappa shape index (κ1) is 18.6. The van der Waals surface area contributed by atoms with Crippen molar-refractivity contribution in [2.24, 2.45) is 5.73 Å². The van der Waals surface area contributed by atoms with E-state index in [4.69, 9.17) is 15.2 Å². The highest BCUT2D eigenvalue weighted by atomic mass is 16.5. The Morgan fingerprint density at radius 2 is 1.52 bits per heavy atom. The molecule has 27 heavy (non-hydrogen) atoms. The van der Waals surface area contributed by atoms with E-state index in [1.54, 1.807) is 14.2 Å². The Balaban J connectivity index is 1.92. The van der Waals surface area contributed by atoms with Crippen molar-refractivity contribution in [1.82, 2.24) is 4.57 Å². The molecule has 1 heterocycles. The average Bonchev–Trinajstić information content (AvgIpc) is 3.03. The second-order valence-electron chi connectivity index (χ2n) is 6.37. The molecular weight excluding hydrogens is 340 g/mol. The third-order valence-electron chi connectivity index (χ3n) is 4.80. The zero-order valence-corrected chi connectivity index (χ0v) is 15.9. The Morgan fingerprint density at radius 3 is 2.04 bits per heavy atom. The number of nitrogens with two attached hydrogens (primary N) is 1. The van der Waals surface area contributed by atoms with Crippen LogP contribution < -0.4 is 15.2 Å². The molecule has 0 aliphatic rings. The molecule has 0 radical (unpaired) electrons. The lowest BCUT2D eigenvalue weighted by Crippen LogP contribution is -2.13. The van der Waals surface area contributed by atoms with Crippen LogP contribution in [-0.2, 0) is 13.0 Å². The summed E-state index contributed by atoms with van der Waals surface area (Å²) in [5, 5.41) is 0. The van der Waals surface area contributed by atoms with Crippen LogP contribution in [0.5, 0.6) is 11.5 Å². The van der Waals surface area contributed by atoms with Crippen LogP contribution in [0.25, 0.3) is 11.3 Å². The van der Waals surface area contributed by atoms with E-state index in [1.165, 1.54) is 5.56 Å². The number of rotatable bonds is 7. The number of hydrogen-bond acceptors (Lipinski definition) is 3. The van der Waals surface area contributed by atoms with Gasteiger partial charge in [-0.3, -0.25) is 4.79 Å². The molecule has 0 aliphatic heterocycles. The van der Waals surface area contributed by atoms with E-state index in [0.717, 1.165) is 41.4 Å². The van der Waals surface area contributed by atoms with E-state index >= 15 is 0 Å². The Kier molecular flexibility index (Phi) is 5.50. The fourth-order valence-electron chi connectivity index (χ4n) is 3.22. The van der Waals surface area contributed by atoms with Gasteiger partial charge in [0.1, 0.15) is 11.5 Å². The fourth-order valence-corrected chi connectivity index (χ4v) is 3.22. The molecule has 2 N–H and O–H groups in total. The predicted octanol–water partition coefficient (Wildman–Crippen LogP) is 3.82. The summed E-state index contributed by atoms with van der Waals surface area (Å²) in [5.41, 5.74) is 10.2. The summed E-state index contributed by atoms with van der Waals surface area (Å²) in [6.45, 7) is 2.67. The number of carbonyl (C=O) groups excluding carboxylic acids is 1. The zero-order valence-electron chi connectivity index (χ0n) is 15.9.